The highest BCUT2D eigenvalue weighted by atomic mass is 32.1. The van der Waals surface area contributed by atoms with Crippen LogP contribution in [0.4, 0.5) is 10.5 Å². The number of esters is 1. The van der Waals surface area contributed by atoms with Crippen molar-refractivity contribution in [1.82, 2.24) is 9.97 Å². The Hall–Kier alpha value is -5.03. The zero-order chi connectivity index (χ0) is 27.4. The molecule has 5 aromatic rings. The monoisotopic (exact) mass is 543 g/mol. The number of thiophene rings is 1. The van der Waals surface area contributed by atoms with E-state index in [2.05, 4.69) is 9.97 Å². The molecule has 3 heterocycles. The molecule has 196 valence electrons. The lowest BCUT2D eigenvalue weighted by Crippen LogP contribution is -2.38. The van der Waals surface area contributed by atoms with E-state index in [0.717, 1.165) is 21.8 Å². The number of carbonyl (C=O) groups excluding carboxylic acids is 3. The van der Waals surface area contributed by atoms with Gasteiger partial charge in [0.25, 0.3) is 0 Å². The van der Waals surface area contributed by atoms with Crippen molar-refractivity contribution in [3.63, 3.8) is 0 Å². The van der Waals surface area contributed by atoms with Gasteiger partial charge >= 0.3 is 18.0 Å². The number of imide groups is 1. The summed E-state index contributed by atoms with van der Waals surface area (Å²) in [5, 5.41) is 2.16. The first kappa shape index (κ1) is 25.6. The Morgan fingerprint density at radius 2 is 1.74 bits per heavy atom. The average Bonchev–Trinajstić information content (AvgIpc) is 3.61. The number of para-hydroxylation sites is 1. The van der Waals surface area contributed by atoms with Crippen molar-refractivity contribution in [2.24, 2.45) is 0 Å². The number of benzene rings is 2. The Kier molecular flexibility index (Phi) is 7.32. The van der Waals surface area contributed by atoms with Crippen molar-refractivity contribution in [3.8, 4) is 16.5 Å². The first-order chi connectivity index (χ1) is 19.0. The topological polar surface area (TPSA) is 121 Å². The molecule has 0 aliphatic heterocycles. The van der Waals surface area contributed by atoms with Crippen LogP contribution in [0.2, 0.25) is 0 Å². The summed E-state index contributed by atoms with van der Waals surface area (Å²) in [6.07, 6.45) is 1.81. The Bertz CT molecular complexity index is 1610. The van der Waals surface area contributed by atoms with Crippen LogP contribution in [0, 0.1) is 0 Å². The molecule has 5 rings (SSSR count). The maximum Gasteiger partial charge on any atom is 0.421 e. The summed E-state index contributed by atoms with van der Waals surface area (Å²) in [4.78, 5) is 49.9. The summed E-state index contributed by atoms with van der Waals surface area (Å²) in [5.41, 5.74) is 1.41. The fourth-order valence-corrected chi connectivity index (χ4v) is 4.80. The molecule has 0 N–H and O–H groups in total. The van der Waals surface area contributed by atoms with Gasteiger partial charge in [0.15, 0.2) is 5.76 Å². The summed E-state index contributed by atoms with van der Waals surface area (Å²) in [6.45, 7) is -0.0991. The third-order valence-corrected chi connectivity index (χ3v) is 6.69. The van der Waals surface area contributed by atoms with Crippen molar-refractivity contribution in [2.45, 2.75) is 6.61 Å². The van der Waals surface area contributed by atoms with Crippen LogP contribution in [0.15, 0.2) is 82.9 Å². The lowest BCUT2D eigenvalue weighted by molar-refractivity contribution is 0.0603. The summed E-state index contributed by atoms with van der Waals surface area (Å²) in [6, 6.07) is 17.6. The summed E-state index contributed by atoms with van der Waals surface area (Å²) in [7, 11) is 2.65. The van der Waals surface area contributed by atoms with Gasteiger partial charge in [0.2, 0.25) is 5.88 Å². The molecule has 0 fully saturated rings. The first-order valence-corrected chi connectivity index (χ1v) is 12.5. The molecule has 0 aliphatic rings. The zero-order valence-electron chi connectivity index (χ0n) is 20.8. The third kappa shape index (κ3) is 5.20. The van der Waals surface area contributed by atoms with Crippen molar-refractivity contribution in [1.29, 1.82) is 0 Å². The normalized spacial score (nSPS) is 10.7. The van der Waals surface area contributed by atoms with E-state index in [4.69, 9.17) is 18.6 Å². The van der Waals surface area contributed by atoms with Crippen LogP contribution in [0.3, 0.4) is 0 Å². The largest absolute Gasteiger partial charge is 0.480 e. The Balaban J connectivity index is 1.59. The van der Waals surface area contributed by atoms with Gasteiger partial charge in [0.05, 0.1) is 42.9 Å². The third-order valence-electron chi connectivity index (χ3n) is 5.70. The fourth-order valence-electron chi connectivity index (χ4n) is 3.81. The molecular weight excluding hydrogens is 522 g/mol. The molecule has 0 aliphatic carbocycles. The number of hydrogen-bond acceptors (Lipinski definition) is 10. The van der Waals surface area contributed by atoms with Gasteiger partial charge in [-0.3, -0.25) is 4.79 Å². The predicted octanol–water partition coefficient (Wildman–Crippen LogP) is 5.73. The molecule has 0 spiro atoms. The molecule has 0 bridgehead atoms. The molecule has 3 aromatic heterocycles. The van der Waals surface area contributed by atoms with E-state index < -0.39 is 18.0 Å². The van der Waals surface area contributed by atoms with Crippen LogP contribution in [0.1, 0.15) is 26.5 Å². The minimum absolute atomic E-state index is 0.0389. The zero-order valence-corrected chi connectivity index (χ0v) is 21.6. The van der Waals surface area contributed by atoms with Crippen LogP contribution >= 0.6 is 11.3 Å². The average molecular weight is 544 g/mol. The number of hydrogen-bond donors (Lipinski definition) is 0. The predicted molar refractivity (Wildman–Crippen MR) is 143 cm³/mol. The molecule has 0 saturated heterocycles. The van der Waals surface area contributed by atoms with Gasteiger partial charge in [-0.15, -0.1) is 11.3 Å². The Morgan fingerprint density at radius 3 is 2.44 bits per heavy atom. The fraction of sp³-hybridized carbons (Fsp3) is 0.107. The van der Waals surface area contributed by atoms with E-state index in [9.17, 15) is 14.4 Å². The van der Waals surface area contributed by atoms with E-state index >= 15 is 0 Å². The van der Waals surface area contributed by atoms with Crippen molar-refractivity contribution in [2.75, 3.05) is 19.1 Å². The lowest BCUT2D eigenvalue weighted by atomic mass is 10.1. The lowest BCUT2D eigenvalue weighted by Gasteiger charge is -2.20. The Labute approximate surface area is 226 Å². The van der Waals surface area contributed by atoms with Gasteiger partial charge in [0, 0.05) is 10.8 Å². The number of methoxy groups -OCH3 is 2. The van der Waals surface area contributed by atoms with Gasteiger partial charge in [-0.25, -0.2) is 24.5 Å². The molecular formula is C28H21N3O7S. The molecule has 0 saturated carbocycles. The van der Waals surface area contributed by atoms with Gasteiger partial charge in [-0.05, 0) is 17.7 Å². The second-order valence-corrected chi connectivity index (χ2v) is 8.97. The first-order valence-electron chi connectivity index (χ1n) is 11.6. The van der Waals surface area contributed by atoms with Gasteiger partial charge < -0.3 is 18.6 Å². The molecule has 10 nitrogen and oxygen atoms in total. The van der Waals surface area contributed by atoms with Gasteiger partial charge in [-0.2, -0.15) is 0 Å². The molecule has 2 amide bonds. The number of furan rings is 1. The summed E-state index contributed by atoms with van der Waals surface area (Å²) < 4.78 is 21.3. The highest BCUT2D eigenvalue weighted by Gasteiger charge is 2.35. The quantitative estimate of drug-likeness (QED) is 0.237. The number of ether oxygens (including phenoxy) is 3. The number of rotatable bonds is 7. The minimum Gasteiger partial charge on any atom is -0.480 e. The van der Waals surface area contributed by atoms with Crippen LogP contribution in [-0.4, -0.2) is 42.2 Å². The van der Waals surface area contributed by atoms with Crippen molar-refractivity contribution >= 4 is 46.0 Å². The SMILES string of the molecule is COC(=O)c1c(N(C(=O)OCc2ccccc2)C(=O)c2cc3ccccc3o2)csc1-c1cnc(OC)cn1. The summed E-state index contributed by atoms with van der Waals surface area (Å²) >= 11 is 1.09. The molecule has 2 aromatic carbocycles. The second-order valence-electron chi connectivity index (χ2n) is 8.09. The van der Waals surface area contributed by atoms with E-state index in [1.165, 1.54) is 38.1 Å². The van der Waals surface area contributed by atoms with Crippen LogP contribution < -0.4 is 9.64 Å². The second kappa shape index (κ2) is 11.2. The minimum atomic E-state index is -1.00. The maximum absolute atomic E-state index is 13.8. The Morgan fingerprint density at radius 1 is 0.974 bits per heavy atom. The molecule has 11 heteroatoms. The number of amides is 2. The number of nitrogens with zero attached hydrogens (tertiary/aromatic N) is 3. The van der Waals surface area contributed by atoms with Crippen LogP contribution in [-0.2, 0) is 16.1 Å². The number of fused-ring (bicyclic) bond motifs is 1. The van der Waals surface area contributed by atoms with Crippen LogP contribution in [0.25, 0.3) is 21.5 Å². The van der Waals surface area contributed by atoms with Crippen LogP contribution in [0.5, 0.6) is 5.88 Å². The smallest absolute Gasteiger partial charge is 0.421 e. The van der Waals surface area contributed by atoms with E-state index in [1.807, 2.05) is 6.07 Å². The van der Waals surface area contributed by atoms with E-state index in [-0.39, 0.29) is 29.5 Å². The molecule has 39 heavy (non-hydrogen) atoms. The highest BCUT2D eigenvalue weighted by Crippen LogP contribution is 2.39. The van der Waals surface area contributed by atoms with E-state index in [0.29, 0.717) is 21.5 Å². The molecule has 0 unspecified atom stereocenters. The van der Waals surface area contributed by atoms with Crippen molar-refractivity contribution in [3.05, 3.63) is 95.3 Å². The summed E-state index contributed by atoms with van der Waals surface area (Å²) in [5.74, 6) is -1.43. The number of carbonyl (C=O) groups is 3. The highest BCUT2D eigenvalue weighted by molar-refractivity contribution is 7.14. The maximum atomic E-state index is 13.8. The molecule has 0 atom stereocenters. The van der Waals surface area contributed by atoms with Crippen molar-refractivity contribution < 1.29 is 33.0 Å². The number of anilines is 1. The van der Waals surface area contributed by atoms with Gasteiger partial charge in [-0.1, -0.05) is 48.5 Å². The van der Waals surface area contributed by atoms with Gasteiger partial charge in [0.1, 0.15) is 17.8 Å². The van der Waals surface area contributed by atoms with E-state index in [1.54, 1.807) is 48.5 Å². The molecule has 0 radical (unpaired) electrons. The standard InChI is InChI=1S/C28H21N3O7S/c1-35-23-14-29-19(13-30-23)25-24(27(33)36-2)20(16-39-25)31(28(34)37-15-17-8-4-3-5-9-17)26(32)22-12-18-10-6-7-11-21(18)38-22/h3-14,16H,15H2,1-2H3. The number of aromatic nitrogens is 2.